The third kappa shape index (κ3) is 3.45. The number of carbonyl (C=O) groups excluding carboxylic acids is 1. The van der Waals surface area contributed by atoms with Gasteiger partial charge in [0.2, 0.25) is 5.91 Å². The van der Waals surface area contributed by atoms with Gasteiger partial charge in [-0.1, -0.05) is 20.8 Å². The van der Waals surface area contributed by atoms with Crippen molar-refractivity contribution in [3.63, 3.8) is 0 Å². The maximum atomic E-state index is 12.8. The molecule has 1 saturated heterocycles. The molecule has 1 fully saturated rings. The summed E-state index contributed by atoms with van der Waals surface area (Å²) in [5.74, 6) is 0.228. The highest BCUT2D eigenvalue weighted by molar-refractivity contribution is 5.82. The first-order valence-corrected chi connectivity index (χ1v) is 7.21. The molecule has 18 heavy (non-hydrogen) atoms. The zero-order valence-corrected chi connectivity index (χ0v) is 12.0. The topological polar surface area (TPSA) is 52.6 Å². The normalized spacial score (nSPS) is 18.9. The zero-order valence-electron chi connectivity index (χ0n) is 12.0. The number of nitrogens with zero attached hydrogens (tertiary/aromatic N) is 1. The van der Waals surface area contributed by atoms with Gasteiger partial charge in [-0.25, -0.2) is 0 Å². The Hall–Kier alpha value is -0.610. The van der Waals surface area contributed by atoms with Gasteiger partial charge in [0.25, 0.3) is 0 Å². The third-order valence-corrected chi connectivity index (χ3v) is 4.21. The summed E-state index contributed by atoms with van der Waals surface area (Å²) in [6.45, 7) is 8.64. The molecule has 0 spiro atoms. The van der Waals surface area contributed by atoms with Crippen molar-refractivity contribution in [3.8, 4) is 0 Å². The molecule has 4 nitrogen and oxygen atoms in total. The molecule has 0 aromatic heterocycles. The Morgan fingerprint density at radius 3 is 2.33 bits per heavy atom. The second kappa shape index (κ2) is 7.10. The third-order valence-electron chi connectivity index (χ3n) is 4.21. The number of rotatable bonds is 6. The Morgan fingerprint density at radius 1 is 1.33 bits per heavy atom. The molecule has 106 valence electrons. The minimum absolute atomic E-state index is 0.0522. The first-order valence-electron chi connectivity index (χ1n) is 7.21. The minimum atomic E-state index is -0.247. The highest BCUT2D eigenvalue weighted by atomic mass is 16.3. The summed E-state index contributed by atoms with van der Waals surface area (Å²) in [7, 11) is 0. The van der Waals surface area contributed by atoms with E-state index in [0.29, 0.717) is 6.54 Å². The minimum Gasteiger partial charge on any atom is -0.395 e. The Balaban J connectivity index is 2.80. The number of hydrogen-bond donors (Lipinski definition) is 2. The maximum absolute atomic E-state index is 12.8. The molecule has 0 radical (unpaired) electrons. The van der Waals surface area contributed by atoms with Crippen LogP contribution in [0.15, 0.2) is 0 Å². The van der Waals surface area contributed by atoms with E-state index in [2.05, 4.69) is 26.1 Å². The molecule has 0 atom stereocenters. The lowest BCUT2D eigenvalue weighted by molar-refractivity contribution is -0.146. The van der Waals surface area contributed by atoms with Crippen LogP contribution in [0.25, 0.3) is 0 Å². The summed E-state index contributed by atoms with van der Waals surface area (Å²) in [6.07, 6.45) is 3.70. The van der Waals surface area contributed by atoms with Crippen LogP contribution < -0.4 is 5.32 Å². The van der Waals surface area contributed by atoms with Gasteiger partial charge in [-0.2, -0.15) is 0 Å². The van der Waals surface area contributed by atoms with E-state index in [0.717, 1.165) is 38.8 Å². The first kappa shape index (κ1) is 15.4. The number of hydrogen-bond acceptors (Lipinski definition) is 3. The van der Waals surface area contributed by atoms with E-state index in [4.69, 9.17) is 0 Å². The van der Waals surface area contributed by atoms with Gasteiger partial charge in [0.05, 0.1) is 6.61 Å². The molecule has 1 aliphatic heterocycles. The van der Waals surface area contributed by atoms with Crippen LogP contribution in [-0.2, 0) is 4.79 Å². The van der Waals surface area contributed by atoms with Crippen LogP contribution in [0.4, 0.5) is 0 Å². The van der Waals surface area contributed by atoms with Crippen molar-refractivity contribution in [3.05, 3.63) is 0 Å². The van der Waals surface area contributed by atoms with Crippen molar-refractivity contribution in [2.45, 2.75) is 52.5 Å². The maximum Gasteiger partial charge on any atom is 0.228 e. The second-order valence-corrected chi connectivity index (χ2v) is 5.50. The smallest absolute Gasteiger partial charge is 0.228 e. The molecule has 0 saturated carbocycles. The van der Waals surface area contributed by atoms with Gasteiger partial charge in [0.1, 0.15) is 0 Å². The second-order valence-electron chi connectivity index (χ2n) is 5.50. The number of aliphatic hydroxyl groups is 1. The monoisotopic (exact) mass is 256 g/mol. The van der Waals surface area contributed by atoms with Gasteiger partial charge in [-0.3, -0.25) is 4.79 Å². The highest BCUT2D eigenvalue weighted by Crippen LogP contribution is 2.31. The number of carbonyl (C=O) groups is 1. The van der Waals surface area contributed by atoms with Crippen molar-refractivity contribution in [2.75, 3.05) is 26.2 Å². The SMILES string of the molecule is CCC(CC)N(CCO)C(=O)C1(C)CCNCC1. The molecule has 1 heterocycles. The quantitative estimate of drug-likeness (QED) is 0.755. The number of nitrogens with one attached hydrogen (secondary N) is 1. The van der Waals surface area contributed by atoms with E-state index in [1.807, 2.05) is 4.90 Å². The molecule has 1 amide bonds. The summed E-state index contributed by atoms with van der Waals surface area (Å²) < 4.78 is 0. The summed E-state index contributed by atoms with van der Waals surface area (Å²) in [5, 5.41) is 12.5. The summed E-state index contributed by atoms with van der Waals surface area (Å²) in [6, 6.07) is 0.261. The van der Waals surface area contributed by atoms with E-state index >= 15 is 0 Å². The molecule has 0 unspecified atom stereocenters. The molecular weight excluding hydrogens is 228 g/mol. The van der Waals surface area contributed by atoms with Crippen LogP contribution in [0.2, 0.25) is 0 Å². The number of piperidine rings is 1. The molecular formula is C14H28N2O2. The average Bonchev–Trinajstić information content (AvgIpc) is 2.39. The Morgan fingerprint density at radius 2 is 1.89 bits per heavy atom. The zero-order chi connectivity index (χ0) is 13.6. The predicted octanol–water partition coefficient (Wildman–Crippen LogP) is 1.39. The average molecular weight is 256 g/mol. The largest absolute Gasteiger partial charge is 0.395 e. The van der Waals surface area contributed by atoms with Gasteiger partial charge >= 0.3 is 0 Å². The van der Waals surface area contributed by atoms with E-state index in [9.17, 15) is 9.90 Å². The standard InChI is InChI=1S/C14H28N2O2/c1-4-12(5-2)16(10-11-17)13(18)14(3)6-8-15-9-7-14/h12,15,17H,4-11H2,1-3H3. The van der Waals surface area contributed by atoms with Crippen molar-refractivity contribution < 1.29 is 9.90 Å². The summed E-state index contributed by atoms with van der Waals surface area (Å²) in [4.78, 5) is 14.7. The van der Waals surface area contributed by atoms with Gasteiger partial charge in [0.15, 0.2) is 0 Å². The van der Waals surface area contributed by atoms with Crippen LogP contribution in [0.5, 0.6) is 0 Å². The summed E-state index contributed by atoms with van der Waals surface area (Å²) >= 11 is 0. The lowest BCUT2D eigenvalue weighted by Crippen LogP contribution is -2.51. The van der Waals surface area contributed by atoms with Crippen molar-refractivity contribution >= 4 is 5.91 Å². The van der Waals surface area contributed by atoms with E-state index in [-0.39, 0.29) is 24.0 Å². The van der Waals surface area contributed by atoms with Crippen LogP contribution in [0.1, 0.15) is 46.5 Å². The Bertz CT molecular complexity index is 259. The lowest BCUT2D eigenvalue weighted by atomic mass is 9.79. The predicted molar refractivity (Wildman–Crippen MR) is 73.4 cm³/mol. The van der Waals surface area contributed by atoms with Crippen LogP contribution >= 0.6 is 0 Å². The fraction of sp³-hybridized carbons (Fsp3) is 0.929. The Labute approximate surface area is 111 Å². The van der Waals surface area contributed by atoms with Crippen molar-refractivity contribution in [1.82, 2.24) is 10.2 Å². The lowest BCUT2D eigenvalue weighted by Gasteiger charge is -2.40. The molecule has 2 N–H and O–H groups in total. The highest BCUT2D eigenvalue weighted by Gasteiger charge is 2.38. The molecule has 1 aliphatic rings. The molecule has 0 aromatic carbocycles. The molecule has 4 heteroatoms. The number of amides is 1. The first-order chi connectivity index (χ1) is 8.59. The van der Waals surface area contributed by atoms with Crippen molar-refractivity contribution in [2.24, 2.45) is 5.41 Å². The van der Waals surface area contributed by atoms with Gasteiger partial charge in [-0.15, -0.1) is 0 Å². The fourth-order valence-corrected chi connectivity index (χ4v) is 2.83. The van der Waals surface area contributed by atoms with Crippen LogP contribution in [-0.4, -0.2) is 48.2 Å². The fourth-order valence-electron chi connectivity index (χ4n) is 2.83. The van der Waals surface area contributed by atoms with Crippen LogP contribution in [0, 0.1) is 5.41 Å². The molecule has 0 aromatic rings. The summed E-state index contributed by atoms with van der Waals surface area (Å²) in [5.41, 5.74) is -0.247. The van der Waals surface area contributed by atoms with Crippen LogP contribution in [0.3, 0.4) is 0 Å². The van der Waals surface area contributed by atoms with Gasteiger partial charge in [-0.05, 0) is 38.8 Å². The Kier molecular flexibility index (Phi) is 6.09. The molecule has 0 bridgehead atoms. The van der Waals surface area contributed by atoms with E-state index in [1.165, 1.54) is 0 Å². The van der Waals surface area contributed by atoms with Gasteiger partial charge in [0, 0.05) is 18.0 Å². The van der Waals surface area contributed by atoms with E-state index < -0.39 is 0 Å². The molecule has 1 rings (SSSR count). The van der Waals surface area contributed by atoms with E-state index in [1.54, 1.807) is 0 Å². The van der Waals surface area contributed by atoms with Gasteiger partial charge < -0.3 is 15.3 Å². The number of aliphatic hydroxyl groups excluding tert-OH is 1. The molecule has 0 aliphatic carbocycles. The van der Waals surface area contributed by atoms with Crippen molar-refractivity contribution in [1.29, 1.82) is 0 Å².